The molecule has 2 aromatic rings. The fraction of sp³-hybridized carbons (Fsp3) is 0.357. The summed E-state index contributed by atoms with van der Waals surface area (Å²) in [4.78, 5) is 0. The molecule has 0 aliphatic rings. The number of ether oxygens (including phenoxy) is 1. The average molecular weight is 388 g/mol. The Morgan fingerprint density at radius 1 is 1.32 bits per heavy atom. The maximum atomic E-state index is 5.84. The van der Waals surface area contributed by atoms with Gasteiger partial charge in [0.25, 0.3) is 0 Å². The van der Waals surface area contributed by atoms with Crippen LogP contribution in [-0.2, 0) is 11.9 Å². The second kappa shape index (κ2) is 6.57. The molecule has 19 heavy (non-hydrogen) atoms. The van der Waals surface area contributed by atoms with E-state index in [9.17, 15) is 0 Å². The van der Waals surface area contributed by atoms with Gasteiger partial charge in [0.15, 0.2) is 0 Å². The first-order valence-electron chi connectivity index (χ1n) is 6.11. The van der Waals surface area contributed by atoms with E-state index in [2.05, 4.69) is 56.9 Å². The number of alkyl halides is 1. The lowest BCUT2D eigenvalue weighted by molar-refractivity contribution is 0.296. The number of benzene rings is 1. The molecule has 0 aliphatic heterocycles. The molecule has 0 amide bonds. The van der Waals surface area contributed by atoms with Crippen LogP contribution < -0.4 is 4.74 Å². The molecule has 102 valence electrons. The van der Waals surface area contributed by atoms with Crippen LogP contribution in [0.3, 0.4) is 0 Å². The van der Waals surface area contributed by atoms with Crippen molar-refractivity contribution in [1.82, 2.24) is 9.78 Å². The van der Waals surface area contributed by atoms with Crippen molar-refractivity contribution in [2.75, 3.05) is 0 Å². The summed E-state index contributed by atoms with van der Waals surface area (Å²) in [6.45, 7) is 4.70. The largest absolute Gasteiger partial charge is 0.487 e. The van der Waals surface area contributed by atoms with Crippen LogP contribution in [0.4, 0.5) is 0 Å². The third-order valence-corrected chi connectivity index (χ3v) is 3.83. The van der Waals surface area contributed by atoms with E-state index in [0.717, 1.165) is 26.8 Å². The first-order valence-corrected chi connectivity index (χ1v) is 8.03. The molecule has 0 N–H and O–H groups in total. The Morgan fingerprint density at radius 3 is 2.74 bits per heavy atom. The number of hydrogen-bond donors (Lipinski definition) is 0. The molecule has 0 aliphatic carbocycles. The summed E-state index contributed by atoms with van der Waals surface area (Å²) in [7, 11) is 0. The van der Waals surface area contributed by atoms with Gasteiger partial charge >= 0.3 is 0 Å². The Morgan fingerprint density at radius 2 is 2.11 bits per heavy atom. The monoisotopic (exact) mass is 386 g/mol. The molecule has 3 nitrogen and oxygen atoms in total. The molecule has 2 rings (SSSR count). The van der Waals surface area contributed by atoms with Gasteiger partial charge in [-0.3, -0.25) is 4.68 Å². The van der Waals surface area contributed by atoms with E-state index in [-0.39, 0.29) is 0 Å². The van der Waals surface area contributed by atoms with Crippen molar-refractivity contribution in [3.63, 3.8) is 0 Å². The number of nitrogens with zero attached hydrogens (tertiary/aromatic N) is 2. The summed E-state index contributed by atoms with van der Waals surface area (Å²) in [6.07, 6.45) is 1.98. The molecular formula is C14H16Br2N2O. The van der Waals surface area contributed by atoms with Gasteiger partial charge < -0.3 is 4.74 Å². The van der Waals surface area contributed by atoms with E-state index in [4.69, 9.17) is 4.74 Å². The van der Waals surface area contributed by atoms with Crippen molar-refractivity contribution < 1.29 is 4.74 Å². The third-order valence-electron chi connectivity index (χ3n) is 2.73. The maximum absolute atomic E-state index is 5.84. The highest BCUT2D eigenvalue weighted by molar-refractivity contribution is 9.10. The lowest BCUT2D eigenvalue weighted by Crippen LogP contribution is -2.04. The molecule has 1 aromatic carbocycles. The van der Waals surface area contributed by atoms with Crippen LogP contribution in [-0.4, -0.2) is 9.78 Å². The normalized spacial score (nSPS) is 11.0. The third kappa shape index (κ3) is 3.83. The van der Waals surface area contributed by atoms with Gasteiger partial charge in [0.1, 0.15) is 12.4 Å². The Hall–Kier alpha value is -0.810. The van der Waals surface area contributed by atoms with Crippen molar-refractivity contribution >= 4 is 31.9 Å². The van der Waals surface area contributed by atoms with Crippen LogP contribution in [0, 0.1) is 0 Å². The van der Waals surface area contributed by atoms with E-state index in [0.29, 0.717) is 12.6 Å². The molecular weight excluding hydrogens is 372 g/mol. The highest BCUT2D eigenvalue weighted by atomic mass is 79.9. The summed E-state index contributed by atoms with van der Waals surface area (Å²) in [5.41, 5.74) is 2.06. The van der Waals surface area contributed by atoms with Gasteiger partial charge in [0.05, 0.1) is 5.69 Å². The van der Waals surface area contributed by atoms with E-state index < -0.39 is 0 Å². The summed E-state index contributed by atoms with van der Waals surface area (Å²) >= 11 is 6.93. The molecule has 5 heteroatoms. The average Bonchev–Trinajstić information content (AvgIpc) is 2.86. The fourth-order valence-electron chi connectivity index (χ4n) is 1.69. The molecule has 0 fully saturated rings. The van der Waals surface area contributed by atoms with Crippen LogP contribution in [0.2, 0.25) is 0 Å². The molecule has 0 spiro atoms. The van der Waals surface area contributed by atoms with E-state index >= 15 is 0 Å². The standard InChI is InChI=1S/C14H16Br2N2O/c1-10(2)18-6-5-13(17-18)9-19-14-4-3-12(16)7-11(14)8-15/h3-7,10H,8-9H2,1-2H3. The van der Waals surface area contributed by atoms with Gasteiger partial charge in [-0.05, 0) is 38.1 Å². The highest BCUT2D eigenvalue weighted by Crippen LogP contribution is 2.25. The number of hydrogen-bond acceptors (Lipinski definition) is 2. The van der Waals surface area contributed by atoms with Crippen molar-refractivity contribution in [3.8, 4) is 5.75 Å². The fourth-order valence-corrected chi connectivity index (χ4v) is 2.53. The van der Waals surface area contributed by atoms with Gasteiger partial charge in [-0.1, -0.05) is 31.9 Å². The Labute approximate surface area is 130 Å². The summed E-state index contributed by atoms with van der Waals surface area (Å²) in [6, 6.07) is 8.37. The minimum absolute atomic E-state index is 0.375. The molecule has 0 unspecified atom stereocenters. The zero-order chi connectivity index (χ0) is 13.8. The minimum Gasteiger partial charge on any atom is -0.487 e. The summed E-state index contributed by atoms with van der Waals surface area (Å²) in [5, 5.41) is 5.23. The summed E-state index contributed by atoms with van der Waals surface area (Å²) < 4.78 is 8.83. The van der Waals surface area contributed by atoms with Crippen LogP contribution in [0.5, 0.6) is 5.75 Å². The number of aromatic nitrogens is 2. The zero-order valence-electron chi connectivity index (χ0n) is 10.9. The zero-order valence-corrected chi connectivity index (χ0v) is 14.1. The smallest absolute Gasteiger partial charge is 0.132 e. The highest BCUT2D eigenvalue weighted by Gasteiger charge is 2.06. The topological polar surface area (TPSA) is 27.1 Å². The van der Waals surface area contributed by atoms with Crippen LogP contribution >= 0.6 is 31.9 Å². The molecule has 0 bridgehead atoms. The quantitative estimate of drug-likeness (QED) is 0.695. The van der Waals surface area contributed by atoms with Crippen LogP contribution in [0.25, 0.3) is 0 Å². The first kappa shape index (κ1) is 14.6. The molecule has 1 heterocycles. The molecule has 0 saturated heterocycles. The van der Waals surface area contributed by atoms with Crippen molar-refractivity contribution in [2.24, 2.45) is 0 Å². The Balaban J connectivity index is 2.05. The molecule has 0 atom stereocenters. The van der Waals surface area contributed by atoms with Crippen molar-refractivity contribution in [2.45, 2.75) is 31.8 Å². The van der Waals surface area contributed by atoms with Crippen molar-refractivity contribution in [1.29, 1.82) is 0 Å². The first-order chi connectivity index (χ1) is 9.10. The lowest BCUT2D eigenvalue weighted by Gasteiger charge is -2.09. The van der Waals surface area contributed by atoms with Crippen LogP contribution in [0.15, 0.2) is 34.9 Å². The maximum Gasteiger partial charge on any atom is 0.132 e. The molecule has 1 aromatic heterocycles. The van der Waals surface area contributed by atoms with E-state index in [1.165, 1.54) is 0 Å². The lowest BCUT2D eigenvalue weighted by atomic mass is 10.2. The van der Waals surface area contributed by atoms with Crippen LogP contribution in [0.1, 0.15) is 31.1 Å². The predicted octanol–water partition coefficient (Wildman–Crippen LogP) is 4.70. The van der Waals surface area contributed by atoms with E-state index in [1.54, 1.807) is 0 Å². The molecule has 0 saturated carbocycles. The van der Waals surface area contributed by atoms with Gasteiger partial charge in [-0.2, -0.15) is 5.10 Å². The predicted molar refractivity (Wildman–Crippen MR) is 83.7 cm³/mol. The molecule has 0 radical (unpaired) electrons. The second-order valence-corrected chi connectivity index (χ2v) is 6.03. The summed E-state index contributed by atoms with van der Waals surface area (Å²) in [5.74, 6) is 0.888. The van der Waals surface area contributed by atoms with Gasteiger partial charge in [-0.25, -0.2) is 0 Å². The van der Waals surface area contributed by atoms with E-state index in [1.807, 2.05) is 29.1 Å². The Bertz CT molecular complexity index is 552. The van der Waals surface area contributed by atoms with Gasteiger partial charge in [-0.15, -0.1) is 0 Å². The number of halogens is 2. The second-order valence-electron chi connectivity index (χ2n) is 4.56. The Kier molecular flexibility index (Phi) is 5.05. The van der Waals surface area contributed by atoms with Gasteiger partial charge in [0, 0.05) is 27.6 Å². The SMILES string of the molecule is CC(C)n1ccc(COc2ccc(Br)cc2CBr)n1. The van der Waals surface area contributed by atoms with Crippen molar-refractivity contribution in [3.05, 3.63) is 46.2 Å². The minimum atomic E-state index is 0.375. The van der Waals surface area contributed by atoms with Gasteiger partial charge in [0.2, 0.25) is 0 Å². The number of rotatable bonds is 5.